The van der Waals surface area contributed by atoms with Crippen LogP contribution in [0.1, 0.15) is 23.2 Å². The minimum absolute atomic E-state index is 0.200. The third-order valence-corrected chi connectivity index (χ3v) is 5.42. The molecular weight excluding hydrogens is 296 g/mol. The van der Waals surface area contributed by atoms with Crippen LogP contribution in [0, 0.1) is 6.92 Å². The van der Waals surface area contributed by atoms with Crippen molar-refractivity contribution < 1.29 is 8.42 Å². The monoisotopic (exact) mass is 314 g/mol. The van der Waals surface area contributed by atoms with Crippen molar-refractivity contribution >= 4 is 26.5 Å². The molecule has 20 heavy (non-hydrogen) atoms. The molecule has 0 aliphatic heterocycles. The van der Waals surface area contributed by atoms with E-state index in [0.29, 0.717) is 11.7 Å². The van der Waals surface area contributed by atoms with Gasteiger partial charge in [0.05, 0.1) is 5.69 Å². The predicted octanol–water partition coefficient (Wildman–Crippen LogP) is 1.61. The molecule has 0 amide bonds. The Hall–Kier alpha value is -1.38. The van der Waals surface area contributed by atoms with Gasteiger partial charge in [0.15, 0.2) is 5.13 Å². The van der Waals surface area contributed by atoms with Gasteiger partial charge >= 0.3 is 0 Å². The number of anilines is 1. The number of nitrogens with one attached hydrogen (secondary N) is 1. The first kappa shape index (κ1) is 15.0. The minimum atomic E-state index is -3.62. The lowest BCUT2D eigenvalue weighted by atomic mass is 10.3. The molecule has 2 aromatic heterocycles. The summed E-state index contributed by atoms with van der Waals surface area (Å²) in [5.74, 6) is 0. The van der Waals surface area contributed by atoms with Crippen molar-refractivity contribution in [3.63, 3.8) is 0 Å². The summed E-state index contributed by atoms with van der Waals surface area (Å²) in [7, 11) is -1.85. The van der Waals surface area contributed by atoms with Crippen LogP contribution in [-0.4, -0.2) is 18.0 Å². The highest BCUT2D eigenvalue weighted by molar-refractivity contribution is 7.93. The van der Waals surface area contributed by atoms with Crippen LogP contribution in [0.3, 0.4) is 0 Å². The standard InChI is InChI=1S/C12H18N4O2S2/c1-4-11-8(2)19-12(14-11)15-20(17,18)10-5-9(6-13)16(3)7-10/h5,7H,4,6,13H2,1-3H3,(H,14,15). The van der Waals surface area contributed by atoms with Gasteiger partial charge in [-0.15, -0.1) is 11.3 Å². The molecule has 0 fully saturated rings. The van der Waals surface area contributed by atoms with E-state index in [1.807, 2.05) is 13.8 Å². The molecule has 2 aromatic rings. The van der Waals surface area contributed by atoms with Gasteiger partial charge in [-0.25, -0.2) is 13.4 Å². The fourth-order valence-corrected chi connectivity index (χ4v) is 4.13. The van der Waals surface area contributed by atoms with Crippen LogP contribution in [-0.2, 0) is 30.0 Å². The third-order valence-electron chi connectivity index (χ3n) is 3.05. The van der Waals surface area contributed by atoms with Crippen LogP contribution >= 0.6 is 11.3 Å². The maximum absolute atomic E-state index is 12.3. The average molecular weight is 314 g/mol. The van der Waals surface area contributed by atoms with Crippen LogP contribution in [0.5, 0.6) is 0 Å². The lowest BCUT2D eigenvalue weighted by Crippen LogP contribution is -2.12. The first-order valence-electron chi connectivity index (χ1n) is 6.21. The number of sulfonamides is 1. The number of aryl methyl sites for hydroxylation is 3. The molecule has 6 nitrogen and oxygen atoms in total. The van der Waals surface area contributed by atoms with Gasteiger partial charge in [0.1, 0.15) is 4.90 Å². The number of nitrogens with zero attached hydrogens (tertiary/aromatic N) is 2. The zero-order chi connectivity index (χ0) is 14.9. The van der Waals surface area contributed by atoms with E-state index in [0.717, 1.165) is 22.7 Å². The molecule has 0 saturated carbocycles. The molecule has 0 radical (unpaired) electrons. The smallest absolute Gasteiger partial charge is 0.265 e. The number of thiazole rings is 1. The first-order chi connectivity index (χ1) is 9.37. The van der Waals surface area contributed by atoms with Gasteiger partial charge in [0.2, 0.25) is 0 Å². The average Bonchev–Trinajstić information content (AvgIpc) is 2.92. The highest BCUT2D eigenvalue weighted by atomic mass is 32.2. The maximum atomic E-state index is 12.3. The third kappa shape index (κ3) is 2.87. The highest BCUT2D eigenvalue weighted by Crippen LogP contribution is 2.25. The van der Waals surface area contributed by atoms with Crippen molar-refractivity contribution in [1.29, 1.82) is 0 Å². The molecule has 3 N–H and O–H groups in total. The summed E-state index contributed by atoms with van der Waals surface area (Å²) in [6.45, 7) is 4.22. The number of nitrogens with two attached hydrogens (primary N) is 1. The molecule has 0 aromatic carbocycles. The van der Waals surface area contributed by atoms with E-state index in [-0.39, 0.29) is 4.90 Å². The Balaban J connectivity index is 2.30. The Morgan fingerprint density at radius 3 is 2.70 bits per heavy atom. The zero-order valence-electron chi connectivity index (χ0n) is 11.7. The molecule has 2 heterocycles. The molecule has 0 unspecified atom stereocenters. The van der Waals surface area contributed by atoms with Crippen molar-refractivity contribution in [1.82, 2.24) is 9.55 Å². The second-order valence-corrected chi connectivity index (χ2v) is 7.35. The molecule has 0 aliphatic rings. The molecule has 2 rings (SSSR count). The summed E-state index contributed by atoms with van der Waals surface area (Å²) in [4.78, 5) is 5.51. The Labute approximate surface area is 122 Å². The van der Waals surface area contributed by atoms with Crippen LogP contribution in [0.15, 0.2) is 17.2 Å². The van der Waals surface area contributed by atoms with Crippen molar-refractivity contribution in [3.05, 3.63) is 28.5 Å². The summed E-state index contributed by atoms with van der Waals surface area (Å²) < 4.78 is 28.8. The minimum Gasteiger partial charge on any atom is -0.352 e. The summed E-state index contributed by atoms with van der Waals surface area (Å²) >= 11 is 1.34. The summed E-state index contributed by atoms with van der Waals surface area (Å²) in [5, 5.41) is 0.400. The zero-order valence-corrected chi connectivity index (χ0v) is 13.3. The number of hydrogen-bond donors (Lipinski definition) is 2. The maximum Gasteiger partial charge on any atom is 0.265 e. The van der Waals surface area contributed by atoms with Gasteiger partial charge < -0.3 is 10.3 Å². The normalized spacial score (nSPS) is 11.8. The van der Waals surface area contributed by atoms with Gasteiger partial charge in [-0.2, -0.15) is 0 Å². The van der Waals surface area contributed by atoms with Crippen LogP contribution in [0.4, 0.5) is 5.13 Å². The molecular formula is C12H18N4O2S2. The highest BCUT2D eigenvalue weighted by Gasteiger charge is 2.19. The van der Waals surface area contributed by atoms with E-state index in [1.165, 1.54) is 11.3 Å². The number of rotatable bonds is 5. The van der Waals surface area contributed by atoms with E-state index < -0.39 is 10.0 Å². The van der Waals surface area contributed by atoms with Crippen LogP contribution in [0.2, 0.25) is 0 Å². The molecule has 0 atom stereocenters. The quantitative estimate of drug-likeness (QED) is 0.877. The van der Waals surface area contributed by atoms with Crippen LogP contribution < -0.4 is 10.5 Å². The Morgan fingerprint density at radius 1 is 1.50 bits per heavy atom. The van der Waals surface area contributed by atoms with E-state index in [2.05, 4.69) is 9.71 Å². The van der Waals surface area contributed by atoms with Crippen molar-refractivity contribution in [2.24, 2.45) is 12.8 Å². The van der Waals surface area contributed by atoms with Crippen LogP contribution in [0.25, 0.3) is 0 Å². The van der Waals surface area contributed by atoms with Gasteiger partial charge in [0.25, 0.3) is 10.0 Å². The first-order valence-corrected chi connectivity index (χ1v) is 8.51. The van der Waals surface area contributed by atoms with Gasteiger partial charge in [0, 0.05) is 30.4 Å². The lowest BCUT2D eigenvalue weighted by molar-refractivity contribution is 0.601. The Kier molecular flexibility index (Phi) is 4.17. The predicted molar refractivity (Wildman–Crippen MR) is 80.3 cm³/mol. The van der Waals surface area contributed by atoms with E-state index in [1.54, 1.807) is 23.9 Å². The van der Waals surface area contributed by atoms with Crippen molar-refractivity contribution in [2.45, 2.75) is 31.7 Å². The fraction of sp³-hybridized carbons (Fsp3) is 0.417. The summed E-state index contributed by atoms with van der Waals surface area (Å²) in [5.41, 5.74) is 7.23. The van der Waals surface area contributed by atoms with Gasteiger partial charge in [-0.05, 0) is 19.4 Å². The number of aromatic nitrogens is 2. The largest absolute Gasteiger partial charge is 0.352 e. The SMILES string of the molecule is CCc1nc(NS(=O)(=O)c2cc(CN)n(C)c2)sc1C. The topological polar surface area (TPSA) is 90.0 Å². The molecule has 0 aliphatic carbocycles. The lowest BCUT2D eigenvalue weighted by Gasteiger charge is -2.01. The molecule has 110 valence electrons. The van der Waals surface area contributed by atoms with E-state index >= 15 is 0 Å². The molecule has 0 spiro atoms. The molecule has 0 saturated heterocycles. The van der Waals surface area contributed by atoms with E-state index in [9.17, 15) is 8.42 Å². The molecule has 0 bridgehead atoms. The van der Waals surface area contributed by atoms with Gasteiger partial charge in [-0.1, -0.05) is 6.92 Å². The Morgan fingerprint density at radius 2 is 2.20 bits per heavy atom. The Bertz CT molecular complexity index is 716. The van der Waals surface area contributed by atoms with Crippen molar-refractivity contribution in [3.8, 4) is 0 Å². The summed E-state index contributed by atoms with van der Waals surface area (Å²) in [6, 6.07) is 1.57. The second kappa shape index (κ2) is 5.55. The second-order valence-electron chi connectivity index (χ2n) is 4.46. The van der Waals surface area contributed by atoms with Crippen molar-refractivity contribution in [2.75, 3.05) is 4.72 Å². The fourth-order valence-electron chi connectivity index (χ4n) is 1.90. The van der Waals surface area contributed by atoms with E-state index in [4.69, 9.17) is 5.73 Å². The van der Waals surface area contributed by atoms with Gasteiger partial charge in [-0.3, -0.25) is 4.72 Å². The summed E-state index contributed by atoms with van der Waals surface area (Å²) in [6.07, 6.45) is 2.33. The molecule has 8 heteroatoms. The number of hydrogen-bond acceptors (Lipinski definition) is 5.